The first-order valence-corrected chi connectivity index (χ1v) is 7.57. The number of oxime groups is 1. The first-order chi connectivity index (χ1) is 9.26. The number of thioether (sulfide) groups is 1. The van der Waals surface area contributed by atoms with Gasteiger partial charge in [-0.1, -0.05) is 41.2 Å². The van der Waals surface area contributed by atoms with Crippen LogP contribution in [0.2, 0.25) is 0 Å². The standard InChI is InChI=1S/C14H12N2OS2/c1-10-5-3-4-6-11(10)12(9-15)13-7-8-14(19-13)16-17-18-2/h3-8H,1-2H3/b13-12+,16-14?. The molecule has 0 amide bonds. The summed E-state index contributed by atoms with van der Waals surface area (Å²) in [5.74, 6) is 0. The molecule has 0 spiro atoms. The number of nitriles is 1. The minimum Gasteiger partial charge on any atom is -0.321 e. The molecule has 0 bridgehead atoms. The van der Waals surface area contributed by atoms with Crippen molar-refractivity contribution in [2.45, 2.75) is 6.92 Å². The number of allylic oxidation sites excluding steroid dienone is 2. The maximum atomic E-state index is 9.40. The maximum absolute atomic E-state index is 9.40. The minimum absolute atomic E-state index is 0.675. The molecule has 1 aromatic rings. The second-order valence-corrected chi connectivity index (χ2v) is 5.32. The summed E-state index contributed by atoms with van der Waals surface area (Å²) in [7, 11) is 0. The molecule has 19 heavy (non-hydrogen) atoms. The topological polar surface area (TPSA) is 45.4 Å². The average Bonchev–Trinajstić information content (AvgIpc) is 2.88. The van der Waals surface area contributed by atoms with E-state index in [1.165, 1.54) is 23.8 Å². The Kier molecular flexibility index (Phi) is 4.72. The van der Waals surface area contributed by atoms with Crippen LogP contribution in [-0.4, -0.2) is 11.3 Å². The second kappa shape index (κ2) is 6.50. The fraction of sp³-hybridized carbons (Fsp3) is 0.143. The molecule has 1 heterocycles. The van der Waals surface area contributed by atoms with Crippen LogP contribution in [0.4, 0.5) is 0 Å². The van der Waals surface area contributed by atoms with E-state index in [4.69, 9.17) is 4.28 Å². The van der Waals surface area contributed by atoms with Gasteiger partial charge in [-0.25, -0.2) is 0 Å². The van der Waals surface area contributed by atoms with E-state index in [0.717, 1.165) is 21.1 Å². The van der Waals surface area contributed by atoms with Gasteiger partial charge < -0.3 is 4.28 Å². The third-order valence-corrected chi connectivity index (χ3v) is 3.77. The predicted molar refractivity (Wildman–Crippen MR) is 82.5 cm³/mol. The Morgan fingerprint density at radius 3 is 2.84 bits per heavy atom. The Labute approximate surface area is 121 Å². The van der Waals surface area contributed by atoms with Crippen molar-refractivity contribution in [3.8, 4) is 6.07 Å². The molecule has 0 aliphatic carbocycles. The van der Waals surface area contributed by atoms with Crippen LogP contribution in [0.15, 0.2) is 46.5 Å². The van der Waals surface area contributed by atoms with Crippen molar-refractivity contribution in [3.05, 3.63) is 52.4 Å². The highest BCUT2D eigenvalue weighted by atomic mass is 32.2. The zero-order chi connectivity index (χ0) is 13.7. The van der Waals surface area contributed by atoms with Crippen molar-refractivity contribution < 1.29 is 4.28 Å². The van der Waals surface area contributed by atoms with E-state index in [1.807, 2.05) is 43.3 Å². The van der Waals surface area contributed by atoms with Crippen molar-refractivity contribution in [2.75, 3.05) is 6.26 Å². The van der Waals surface area contributed by atoms with Crippen LogP contribution in [0, 0.1) is 18.3 Å². The monoisotopic (exact) mass is 288 g/mol. The predicted octanol–water partition coefficient (Wildman–Crippen LogP) is 4.14. The first kappa shape index (κ1) is 13.8. The molecule has 96 valence electrons. The molecule has 2 rings (SSSR count). The lowest BCUT2D eigenvalue weighted by atomic mass is 10.0. The van der Waals surface area contributed by atoms with Gasteiger partial charge in [0, 0.05) is 11.2 Å². The Morgan fingerprint density at radius 2 is 2.16 bits per heavy atom. The van der Waals surface area contributed by atoms with Crippen LogP contribution in [0.25, 0.3) is 5.57 Å². The highest BCUT2D eigenvalue weighted by Crippen LogP contribution is 2.34. The van der Waals surface area contributed by atoms with Gasteiger partial charge in [-0.05, 0) is 30.2 Å². The molecular weight excluding hydrogens is 276 g/mol. The minimum atomic E-state index is 0.675. The lowest BCUT2D eigenvalue weighted by molar-refractivity contribution is 0.410. The van der Waals surface area contributed by atoms with E-state index in [9.17, 15) is 5.26 Å². The number of aryl methyl sites for hydroxylation is 1. The highest BCUT2D eigenvalue weighted by molar-refractivity contribution is 8.18. The molecule has 0 atom stereocenters. The van der Waals surface area contributed by atoms with Gasteiger partial charge in [0.25, 0.3) is 0 Å². The van der Waals surface area contributed by atoms with Crippen LogP contribution in [0.1, 0.15) is 11.1 Å². The molecule has 1 aromatic carbocycles. The van der Waals surface area contributed by atoms with E-state index in [2.05, 4.69) is 11.2 Å². The van der Waals surface area contributed by atoms with Gasteiger partial charge in [-0.3, -0.25) is 0 Å². The molecule has 0 N–H and O–H groups in total. The Morgan fingerprint density at radius 1 is 1.37 bits per heavy atom. The molecule has 0 saturated heterocycles. The van der Waals surface area contributed by atoms with Crippen molar-refractivity contribution in [3.63, 3.8) is 0 Å². The third-order valence-electron chi connectivity index (χ3n) is 2.57. The fourth-order valence-corrected chi connectivity index (χ4v) is 2.72. The summed E-state index contributed by atoms with van der Waals surface area (Å²) in [5.41, 5.74) is 2.73. The quantitative estimate of drug-likeness (QED) is 0.476. The summed E-state index contributed by atoms with van der Waals surface area (Å²) >= 11 is 2.63. The summed E-state index contributed by atoms with van der Waals surface area (Å²) in [4.78, 5) is 0.903. The van der Waals surface area contributed by atoms with Gasteiger partial charge in [0.05, 0.1) is 17.6 Å². The molecule has 3 nitrogen and oxygen atoms in total. The molecule has 1 aliphatic heterocycles. The highest BCUT2D eigenvalue weighted by Gasteiger charge is 2.16. The summed E-state index contributed by atoms with van der Waals surface area (Å²) < 4.78 is 4.94. The maximum Gasteiger partial charge on any atom is 0.142 e. The van der Waals surface area contributed by atoms with Crippen molar-refractivity contribution in [1.82, 2.24) is 0 Å². The molecular formula is C14H12N2OS2. The van der Waals surface area contributed by atoms with Crippen LogP contribution in [0.3, 0.4) is 0 Å². The lowest BCUT2D eigenvalue weighted by Crippen LogP contribution is -1.89. The first-order valence-electron chi connectivity index (χ1n) is 5.60. The van der Waals surface area contributed by atoms with Gasteiger partial charge in [0.2, 0.25) is 0 Å². The van der Waals surface area contributed by atoms with Crippen LogP contribution in [-0.2, 0) is 4.28 Å². The smallest absolute Gasteiger partial charge is 0.142 e. The Balaban J connectivity index is 2.35. The SMILES string of the molecule is CSON=C1C=C/C(=C(/C#N)c2ccccc2C)S1. The fourth-order valence-electron chi connectivity index (χ4n) is 1.69. The van der Waals surface area contributed by atoms with E-state index < -0.39 is 0 Å². The van der Waals surface area contributed by atoms with Gasteiger partial charge in [0.15, 0.2) is 0 Å². The number of nitrogens with zero attached hydrogens (tertiary/aromatic N) is 2. The van der Waals surface area contributed by atoms with Gasteiger partial charge in [0.1, 0.15) is 11.1 Å². The molecule has 1 aliphatic rings. The normalized spacial score (nSPS) is 18.5. The lowest BCUT2D eigenvalue weighted by Gasteiger charge is -2.05. The van der Waals surface area contributed by atoms with E-state index in [0.29, 0.717) is 5.57 Å². The van der Waals surface area contributed by atoms with E-state index in [-0.39, 0.29) is 0 Å². The van der Waals surface area contributed by atoms with Crippen molar-refractivity contribution in [1.29, 1.82) is 5.26 Å². The van der Waals surface area contributed by atoms with Crippen LogP contribution in [0.5, 0.6) is 0 Å². The van der Waals surface area contributed by atoms with Gasteiger partial charge in [-0.2, -0.15) is 5.26 Å². The number of hydrogen-bond donors (Lipinski definition) is 0. The molecule has 0 radical (unpaired) electrons. The second-order valence-electron chi connectivity index (χ2n) is 3.77. The summed E-state index contributed by atoms with van der Waals surface area (Å²) in [6, 6.07) is 10.2. The zero-order valence-electron chi connectivity index (χ0n) is 10.6. The van der Waals surface area contributed by atoms with Crippen molar-refractivity contribution >= 4 is 34.4 Å². The van der Waals surface area contributed by atoms with Crippen LogP contribution >= 0.6 is 23.8 Å². The number of rotatable bonds is 3. The summed E-state index contributed by atoms with van der Waals surface area (Å²) in [6.07, 6.45) is 5.56. The number of hydrogen-bond acceptors (Lipinski definition) is 5. The average molecular weight is 288 g/mol. The Hall–Kier alpha value is -1.64. The largest absolute Gasteiger partial charge is 0.321 e. The van der Waals surface area contributed by atoms with E-state index in [1.54, 1.807) is 6.26 Å². The van der Waals surface area contributed by atoms with Crippen LogP contribution < -0.4 is 0 Å². The summed E-state index contributed by atoms with van der Waals surface area (Å²) in [5, 5.41) is 14.1. The van der Waals surface area contributed by atoms with Gasteiger partial charge >= 0.3 is 0 Å². The molecule has 0 aromatic heterocycles. The molecule has 0 saturated carbocycles. The Bertz CT molecular complexity index is 612. The van der Waals surface area contributed by atoms with E-state index >= 15 is 0 Å². The molecule has 0 unspecified atom stereocenters. The summed E-state index contributed by atoms with van der Waals surface area (Å²) in [6.45, 7) is 2.00. The number of benzene rings is 1. The zero-order valence-corrected chi connectivity index (χ0v) is 12.2. The molecule has 0 fully saturated rings. The van der Waals surface area contributed by atoms with Gasteiger partial charge in [-0.15, -0.1) is 0 Å². The van der Waals surface area contributed by atoms with Crippen molar-refractivity contribution in [2.24, 2.45) is 5.16 Å². The molecule has 5 heteroatoms. The third kappa shape index (κ3) is 3.22.